The molecule has 1 amide bonds. The Hall–Kier alpha value is -2.38. The average Bonchev–Trinajstić information content (AvgIpc) is 2.96. The fourth-order valence-corrected chi connectivity index (χ4v) is 1.75. The molecule has 1 N–H and O–H groups in total. The van der Waals surface area contributed by atoms with Crippen LogP contribution in [0.2, 0.25) is 0 Å². The van der Waals surface area contributed by atoms with Crippen LogP contribution in [0.4, 0.5) is 17.6 Å². The van der Waals surface area contributed by atoms with Gasteiger partial charge < -0.3 is 5.32 Å². The summed E-state index contributed by atoms with van der Waals surface area (Å²) in [5.41, 5.74) is 1.51. The van der Waals surface area contributed by atoms with Gasteiger partial charge in [-0.15, -0.1) is 0 Å². The Balaban J connectivity index is 1.89. The molecule has 118 valence electrons. The van der Waals surface area contributed by atoms with E-state index in [1.54, 1.807) is 16.2 Å². The highest BCUT2D eigenvalue weighted by atomic mass is 19.3. The maximum atomic E-state index is 12.7. The molecule has 0 bridgehead atoms. The smallest absolute Gasteiger partial charge is 0.350 e. The third-order valence-corrected chi connectivity index (χ3v) is 2.93. The number of hydrogen-bond acceptors (Lipinski definition) is 2. The lowest BCUT2D eigenvalue weighted by atomic mass is 10.2. The van der Waals surface area contributed by atoms with Crippen LogP contribution in [-0.2, 0) is 11.2 Å². The summed E-state index contributed by atoms with van der Waals surface area (Å²) in [7, 11) is 0. The predicted molar refractivity (Wildman–Crippen MR) is 71.2 cm³/mol. The van der Waals surface area contributed by atoms with Crippen LogP contribution in [0.3, 0.4) is 0 Å². The Kier molecular flexibility index (Phi) is 4.79. The van der Waals surface area contributed by atoms with Crippen molar-refractivity contribution in [1.29, 1.82) is 0 Å². The number of hydrogen-bond donors (Lipinski definition) is 1. The topological polar surface area (TPSA) is 46.9 Å². The molecule has 0 unspecified atom stereocenters. The fourth-order valence-electron chi connectivity index (χ4n) is 1.75. The van der Waals surface area contributed by atoms with E-state index < -0.39 is 18.3 Å². The zero-order valence-corrected chi connectivity index (χ0v) is 11.3. The van der Waals surface area contributed by atoms with Crippen LogP contribution in [0.25, 0.3) is 5.69 Å². The summed E-state index contributed by atoms with van der Waals surface area (Å²) in [6.07, 6.45) is -0.622. The van der Waals surface area contributed by atoms with Crippen LogP contribution in [0.5, 0.6) is 0 Å². The van der Waals surface area contributed by atoms with Gasteiger partial charge in [-0.1, -0.05) is 18.2 Å². The molecule has 4 nitrogen and oxygen atoms in total. The zero-order valence-electron chi connectivity index (χ0n) is 11.3. The number of nitrogens with one attached hydrogen (secondary N) is 1. The van der Waals surface area contributed by atoms with Crippen LogP contribution < -0.4 is 5.32 Å². The van der Waals surface area contributed by atoms with Gasteiger partial charge >= 0.3 is 12.3 Å². The highest BCUT2D eigenvalue weighted by Crippen LogP contribution is 2.22. The van der Waals surface area contributed by atoms with Crippen molar-refractivity contribution in [2.75, 3.05) is 6.54 Å². The first kappa shape index (κ1) is 16.0. The highest BCUT2D eigenvalue weighted by Gasteiger charge is 2.48. The third-order valence-electron chi connectivity index (χ3n) is 2.93. The summed E-state index contributed by atoms with van der Waals surface area (Å²) in [6.45, 7) is -0.179. The molecule has 2 rings (SSSR count). The number of carbonyl (C=O) groups excluding carboxylic acids is 1. The monoisotopic (exact) mass is 315 g/mol. The molecular weight excluding hydrogens is 302 g/mol. The molecular formula is C14H13F4N3O. The summed E-state index contributed by atoms with van der Waals surface area (Å²) in [5, 5.41) is 5.89. The molecule has 0 atom stereocenters. The molecule has 0 fully saturated rings. The molecule has 1 aromatic heterocycles. The van der Waals surface area contributed by atoms with E-state index in [2.05, 4.69) is 5.10 Å². The number of alkyl halides is 4. The molecule has 0 radical (unpaired) electrons. The number of halogens is 4. The minimum atomic E-state index is -4.67. The van der Waals surface area contributed by atoms with Crippen molar-refractivity contribution in [3.8, 4) is 5.69 Å². The van der Waals surface area contributed by atoms with Gasteiger partial charge in [0.1, 0.15) is 0 Å². The van der Waals surface area contributed by atoms with Crippen molar-refractivity contribution in [2.45, 2.75) is 18.8 Å². The van der Waals surface area contributed by atoms with Crippen molar-refractivity contribution in [2.24, 2.45) is 0 Å². The average molecular weight is 315 g/mol. The summed E-state index contributed by atoms with van der Waals surface area (Å²) in [4.78, 5) is 11.0. The maximum Gasteiger partial charge on any atom is 0.383 e. The van der Waals surface area contributed by atoms with Crippen molar-refractivity contribution < 1.29 is 22.4 Å². The molecule has 22 heavy (non-hydrogen) atoms. The predicted octanol–water partition coefficient (Wildman–Crippen LogP) is 2.43. The fraction of sp³-hybridized carbons (Fsp3) is 0.286. The van der Waals surface area contributed by atoms with Gasteiger partial charge in [-0.3, -0.25) is 4.79 Å². The zero-order chi connectivity index (χ0) is 16.2. The number of nitrogens with zero attached hydrogens (tertiary/aromatic N) is 2. The third kappa shape index (κ3) is 3.63. The SMILES string of the molecule is O=C(NCCc1cnn(-c2ccccc2)c1)C(F)(F)C(F)F. The Morgan fingerprint density at radius 2 is 1.95 bits per heavy atom. The minimum Gasteiger partial charge on any atom is -0.350 e. The first-order chi connectivity index (χ1) is 10.4. The lowest BCUT2D eigenvalue weighted by Crippen LogP contribution is -2.45. The molecule has 8 heteroatoms. The standard InChI is InChI=1S/C14H13F4N3O/c15-12(16)14(17,18)13(22)19-7-6-10-8-20-21(9-10)11-4-2-1-3-5-11/h1-5,8-9,12H,6-7H2,(H,19,22). The van der Waals surface area contributed by atoms with Crippen LogP contribution in [0.15, 0.2) is 42.7 Å². The van der Waals surface area contributed by atoms with Crippen molar-refractivity contribution in [3.05, 3.63) is 48.3 Å². The second-order valence-electron chi connectivity index (χ2n) is 4.56. The Bertz CT molecular complexity index is 628. The van der Waals surface area contributed by atoms with E-state index in [0.717, 1.165) is 5.69 Å². The summed E-state index contributed by atoms with van der Waals surface area (Å²) in [5.74, 6) is -6.65. The molecule has 0 aliphatic carbocycles. The number of amides is 1. The van der Waals surface area contributed by atoms with Gasteiger partial charge in [0.15, 0.2) is 0 Å². The number of para-hydroxylation sites is 1. The number of carbonyl (C=O) groups is 1. The summed E-state index contributed by atoms with van der Waals surface area (Å²) in [6, 6.07) is 9.20. The minimum absolute atomic E-state index is 0.179. The summed E-state index contributed by atoms with van der Waals surface area (Å²) < 4.78 is 51.0. The first-order valence-corrected chi connectivity index (χ1v) is 6.44. The van der Waals surface area contributed by atoms with Crippen molar-refractivity contribution >= 4 is 5.91 Å². The van der Waals surface area contributed by atoms with Gasteiger partial charge in [-0.25, -0.2) is 13.5 Å². The first-order valence-electron chi connectivity index (χ1n) is 6.44. The van der Waals surface area contributed by atoms with Crippen LogP contribution in [0, 0.1) is 0 Å². The van der Waals surface area contributed by atoms with Crippen molar-refractivity contribution in [1.82, 2.24) is 15.1 Å². The van der Waals surface area contributed by atoms with E-state index in [1.165, 1.54) is 6.20 Å². The normalized spacial score (nSPS) is 11.7. The van der Waals surface area contributed by atoms with Gasteiger partial charge in [0.25, 0.3) is 5.91 Å². The quantitative estimate of drug-likeness (QED) is 0.832. The van der Waals surface area contributed by atoms with Gasteiger partial charge in [0.2, 0.25) is 0 Å². The molecule has 2 aromatic rings. The molecule has 0 aliphatic heterocycles. The largest absolute Gasteiger partial charge is 0.383 e. The molecule has 0 saturated carbocycles. The van der Waals surface area contributed by atoms with E-state index in [-0.39, 0.29) is 13.0 Å². The van der Waals surface area contributed by atoms with Crippen molar-refractivity contribution in [3.63, 3.8) is 0 Å². The van der Waals surface area contributed by atoms with Gasteiger partial charge in [0.05, 0.1) is 11.9 Å². The van der Waals surface area contributed by atoms with E-state index in [9.17, 15) is 22.4 Å². The lowest BCUT2D eigenvalue weighted by molar-refractivity contribution is -0.169. The van der Waals surface area contributed by atoms with Gasteiger partial charge in [-0.05, 0) is 24.1 Å². The lowest BCUT2D eigenvalue weighted by Gasteiger charge is -2.14. The van der Waals surface area contributed by atoms with E-state index in [1.807, 2.05) is 30.3 Å². The van der Waals surface area contributed by atoms with Gasteiger partial charge in [-0.2, -0.15) is 13.9 Å². The van der Waals surface area contributed by atoms with Crippen LogP contribution in [0.1, 0.15) is 5.56 Å². The molecule has 1 aromatic carbocycles. The number of rotatable bonds is 6. The molecule has 0 spiro atoms. The Morgan fingerprint density at radius 1 is 1.27 bits per heavy atom. The van der Waals surface area contributed by atoms with E-state index >= 15 is 0 Å². The highest BCUT2D eigenvalue weighted by molar-refractivity contribution is 5.83. The van der Waals surface area contributed by atoms with Gasteiger partial charge in [0, 0.05) is 12.7 Å². The van der Waals surface area contributed by atoms with Crippen LogP contribution in [-0.4, -0.2) is 34.6 Å². The second-order valence-corrected chi connectivity index (χ2v) is 4.56. The number of aromatic nitrogens is 2. The van der Waals surface area contributed by atoms with E-state index in [4.69, 9.17) is 0 Å². The Morgan fingerprint density at radius 3 is 2.59 bits per heavy atom. The summed E-state index contributed by atoms with van der Waals surface area (Å²) >= 11 is 0. The molecule has 0 saturated heterocycles. The van der Waals surface area contributed by atoms with E-state index in [0.29, 0.717) is 5.56 Å². The van der Waals surface area contributed by atoms with Crippen LogP contribution >= 0.6 is 0 Å². The second kappa shape index (κ2) is 6.59. The molecule has 1 heterocycles. The Labute approximate surface area is 123 Å². The molecule has 0 aliphatic rings. The maximum absolute atomic E-state index is 12.7. The number of benzene rings is 1.